The smallest absolute Gasteiger partial charge is 0.257 e. The number of rotatable bonds is 3. The van der Waals surface area contributed by atoms with Crippen LogP contribution >= 0.6 is 15.9 Å². The van der Waals surface area contributed by atoms with Crippen LogP contribution in [0.4, 0.5) is 5.69 Å². The third-order valence-electron chi connectivity index (χ3n) is 2.72. The van der Waals surface area contributed by atoms with Crippen LogP contribution in [0.2, 0.25) is 0 Å². The van der Waals surface area contributed by atoms with Crippen molar-refractivity contribution in [3.05, 3.63) is 59.2 Å². The number of hydrogen-bond donors (Lipinski definition) is 1. The van der Waals surface area contributed by atoms with Gasteiger partial charge in [0.15, 0.2) is 0 Å². The zero-order chi connectivity index (χ0) is 14.7. The van der Waals surface area contributed by atoms with Gasteiger partial charge in [-0.3, -0.25) is 4.79 Å². The average molecular weight is 345 g/mol. The van der Waals surface area contributed by atoms with E-state index in [-0.39, 0.29) is 5.91 Å². The summed E-state index contributed by atoms with van der Waals surface area (Å²) in [4.78, 5) is 16.1. The molecule has 1 amide bonds. The van der Waals surface area contributed by atoms with Crippen molar-refractivity contribution < 1.29 is 9.21 Å². The number of amides is 1. The second kappa shape index (κ2) is 5.84. The highest BCUT2D eigenvalue weighted by Gasteiger charge is 2.08. The van der Waals surface area contributed by atoms with Gasteiger partial charge in [-0.2, -0.15) is 0 Å². The molecule has 1 N–H and O–H groups in total. The molecule has 0 aliphatic carbocycles. The van der Waals surface area contributed by atoms with E-state index in [0.29, 0.717) is 21.7 Å². The third-order valence-corrected chi connectivity index (χ3v) is 3.19. The molecular weight excluding hydrogens is 336 g/mol. The van der Waals surface area contributed by atoms with Crippen LogP contribution in [-0.4, -0.2) is 21.1 Å². The summed E-state index contributed by atoms with van der Waals surface area (Å²) in [5, 5.41) is 10.3. The van der Waals surface area contributed by atoms with Gasteiger partial charge in [0.05, 0.1) is 5.56 Å². The summed E-state index contributed by atoms with van der Waals surface area (Å²) in [5.41, 5.74) is 1.85. The highest BCUT2D eigenvalue weighted by molar-refractivity contribution is 9.10. The van der Waals surface area contributed by atoms with Crippen LogP contribution in [0.3, 0.4) is 0 Å². The Labute approximate surface area is 128 Å². The van der Waals surface area contributed by atoms with Crippen molar-refractivity contribution in [3.63, 3.8) is 0 Å². The quantitative estimate of drug-likeness (QED) is 0.738. The van der Waals surface area contributed by atoms with Gasteiger partial charge in [0.2, 0.25) is 12.3 Å². The highest BCUT2D eigenvalue weighted by Crippen LogP contribution is 2.20. The van der Waals surface area contributed by atoms with Crippen molar-refractivity contribution in [1.82, 2.24) is 15.2 Å². The molecular formula is C14H9BrN4O2. The Balaban J connectivity index is 1.80. The molecule has 2 aromatic heterocycles. The molecule has 6 nitrogen and oxygen atoms in total. The zero-order valence-electron chi connectivity index (χ0n) is 10.7. The number of aromatic nitrogens is 3. The van der Waals surface area contributed by atoms with Crippen LogP contribution in [-0.2, 0) is 0 Å². The zero-order valence-corrected chi connectivity index (χ0v) is 12.2. The van der Waals surface area contributed by atoms with E-state index < -0.39 is 0 Å². The minimum Gasteiger partial charge on any atom is -0.423 e. The molecule has 0 fully saturated rings. The summed E-state index contributed by atoms with van der Waals surface area (Å²) in [6.45, 7) is 0. The molecule has 0 unspecified atom stereocenters. The first-order valence-corrected chi connectivity index (χ1v) is 6.81. The first-order valence-electron chi connectivity index (χ1n) is 6.02. The second-order valence-corrected chi connectivity index (χ2v) is 4.96. The summed E-state index contributed by atoms with van der Waals surface area (Å²) in [6.07, 6.45) is 2.76. The normalized spacial score (nSPS) is 10.3. The van der Waals surface area contributed by atoms with Gasteiger partial charge in [-0.1, -0.05) is 6.07 Å². The van der Waals surface area contributed by atoms with Crippen molar-refractivity contribution in [2.24, 2.45) is 0 Å². The fraction of sp³-hybridized carbons (Fsp3) is 0. The number of carbonyl (C=O) groups excluding carboxylic acids is 1. The van der Waals surface area contributed by atoms with E-state index in [1.807, 2.05) is 6.07 Å². The summed E-state index contributed by atoms with van der Waals surface area (Å²) < 4.78 is 5.81. The first kappa shape index (κ1) is 13.4. The minimum absolute atomic E-state index is 0.238. The van der Waals surface area contributed by atoms with Crippen LogP contribution in [0.25, 0.3) is 11.5 Å². The number of benzene rings is 1. The molecule has 21 heavy (non-hydrogen) atoms. The SMILES string of the molecule is O=C(Nc1cccc(-c2nnco2)c1)c1ccc(Br)nc1. The maximum atomic E-state index is 12.1. The molecule has 0 atom stereocenters. The van der Waals surface area contributed by atoms with Crippen LogP contribution in [0.1, 0.15) is 10.4 Å². The van der Waals surface area contributed by atoms with E-state index in [0.717, 1.165) is 5.56 Å². The van der Waals surface area contributed by atoms with Gasteiger partial charge >= 0.3 is 0 Å². The monoisotopic (exact) mass is 344 g/mol. The molecule has 0 saturated heterocycles. The van der Waals surface area contributed by atoms with Gasteiger partial charge in [0.25, 0.3) is 5.91 Å². The molecule has 2 heterocycles. The molecule has 1 aromatic carbocycles. The van der Waals surface area contributed by atoms with Gasteiger partial charge in [-0.15, -0.1) is 10.2 Å². The Morgan fingerprint density at radius 2 is 2.14 bits per heavy atom. The van der Waals surface area contributed by atoms with Crippen LogP contribution in [0.15, 0.2) is 58.0 Å². The number of pyridine rings is 1. The predicted molar refractivity (Wildman–Crippen MR) is 79.6 cm³/mol. The van der Waals surface area contributed by atoms with Gasteiger partial charge < -0.3 is 9.73 Å². The largest absolute Gasteiger partial charge is 0.423 e. The summed E-state index contributed by atoms with van der Waals surface area (Å²) in [6, 6.07) is 10.6. The summed E-state index contributed by atoms with van der Waals surface area (Å²) >= 11 is 3.23. The molecule has 0 saturated carbocycles. The van der Waals surface area contributed by atoms with Crippen LogP contribution < -0.4 is 5.32 Å². The molecule has 0 bridgehead atoms. The highest BCUT2D eigenvalue weighted by atomic mass is 79.9. The predicted octanol–water partition coefficient (Wildman–Crippen LogP) is 3.15. The number of nitrogens with one attached hydrogen (secondary N) is 1. The first-order chi connectivity index (χ1) is 10.2. The van der Waals surface area contributed by atoms with E-state index in [1.54, 1.807) is 30.3 Å². The van der Waals surface area contributed by atoms with E-state index in [4.69, 9.17) is 4.42 Å². The van der Waals surface area contributed by atoms with Crippen LogP contribution in [0, 0.1) is 0 Å². The van der Waals surface area contributed by atoms with Crippen molar-refractivity contribution >= 4 is 27.5 Å². The molecule has 0 spiro atoms. The number of anilines is 1. The van der Waals surface area contributed by atoms with E-state index in [9.17, 15) is 4.79 Å². The minimum atomic E-state index is -0.238. The standard InChI is InChI=1S/C14H9BrN4O2/c15-12-5-4-10(7-16-12)13(20)18-11-3-1-2-9(6-11)14-19-17-8-21-14/h1-8H,(H,18,20). The Morgan fingerprint density at radius 1 is 1.24 bits per heavy atom. The van der Waals surface area contributed by atoms with E-state index in [2.05, 4.69) is 36.4 Å². The Hall–Kier alpha value is -2.54. The van der Waals surface area contributed by atoms with Crippen LogP contribution in [0.5, 0.6) is 0 Å². The maximum absolute atomic E-state index is 12.1. The molecule has 104 valence electrons. The van der Waals surface area contributed by atoms with Gasteiger partial charge in [-0.05, 0) is 46.3 Å². The molecule has 7 heteroatoms. The Bertz CT molecular complexity index is 757. The molecule has 0 aliphatic rings. The molecule has 0 radical (unpaired) electrons. The van der Waals surface area contributed by atoms with E-state index in [1.165, 1.54) is 12.6 Å². The van der Waals surface area contributed by atoms with E-state index >= 15 is 0 Å². The lowest BCUT2D eigenvalue weighted by atomic mass is 10.2. The summed E-state index contributed by atoms with van der Waals surface area (Å²) in [5.74, 6) is 0.161. The molecule has 3 aromatic rings. The lowest BCUT2D eigenvalue weighted by molar-refractivity contribution is 0.102. The number of carbonyl (C=O) groups is 1. The lowest BCUT2D eigenvalue weighted by Gasteiger charge is -2.06. The number of hydrogen-bond acceptors (Lipinski definition) is 5. The summed E-state index contributed by atoms with van der Waals surface area (Å²) in [7, 11) is 0. The second-order valence-electron chi connectivity index (χ2n) is 4.15. The molecule has 0 aliphatic heterocycles. The van der Waals surface area contributed by atoms with Gasteiger partial charge in [0, 0.05) is 17.4 Å². The topological polar surface area (TPSA) is 80.9 Å². The molecule has 3 rings (SSSR count). The third kappa shape index (κ3) is 3.14. The average Bonchev–Trinajstić information content (AvgIpc) is 3.02. The fourth-order valence-electron chi connectivity index (χ4n) is 1.74. The van der Waals surface area contributed by atoms with Crippen molar-refractivity contribution in [2.45, 2.75) is 0 Å². The van der Waals surface area contributed by atoms with Gasteiger partial charge in [-0.25, -0.2) is 4.98 Å². The number of nitrogens with zero attached hydrogens (tertiary/aromatic N) is 3. The maximum Gasteiger partial charge on any atom is 0.257 e. The Kier molecular flexibility index (Phi) is 3.74. The van der Waals surface area contributed by atoms with Crippen molar-refractivity contribution in [3.8, 4) is 11.5 Å². The lowest BCUT2D eigenvalue weighted by Crippen LogP contribution is -2.12. The Morgan fingerprint density at radius 3 is 2.86 bits per heavy atom. The number of halogens is 1. The van der Waals surface area contributed by atoms with Crippen molar-refractivity contribution in [1.29, 1.82) is 0 Å². The van der Waals surface area contributed by atoms with Crippen molar-refractivity contribution in [2.75, 3.05) is 5.32 Å². The van der Waals surface area contributed by atoms with Gasteiger partial charge in [0.1, 0.15) is 4.60 Å². The fourth-order valence-corrected chi connectivity index (χ4v) is 1.98.